The van der Waals surface area contributed by atoms with Crippen LogP contribution in [0.1, 0.15) is 26.3 Å². The third-order valence-corrected chi connectivity index (χ3v) is 4.82. The van der Waals surface area contributed by atoms with Crippen molar-refractivity contribution in [3.63, 3.8) is 0 Å². The standard InChI is InChI=1S/C17H19BrN2O2S/c1-17(2,3)19-16(13-7-5-4-6-8-13)20-23(21,22)15-11-9-14(18)10-12-15/h4-12H,1-3H3,(H,19,20)/p+1. The Hall–Kier alpha value is -1.66. The number of amidine groups is 1. The van der Waals surface area contributed by atoms with Gasteiger partial charge in [0, 0.05) is 4.47 Å². The summed E-state index contributed by atoms with van der Waals surface area (Å²) in [6.45, 7) is 5.93. The molecule has 122 valence electrons. The molecule has 2 aromatic carbocycles. The van der Waals surface area contributed by atoms with Gasteiger partial charge in [-0.25, -0.2) is 0 Å². The average Bonchev–Trinajstić information content (AvgIpc) is 2.46. The molecule has 6 heteroatoms. The molecule has 0 atom stereocenters. The molecule has 0 aromatic heterocycles. The average molecular weight is 396 g/mol. The summed E-state index contributed by atoms with van der Waals surface area (Å²) in [4.78, 5) is 3.44. The Morgan fingerprint density at radius 3 is 2.09 bits per heavy atom. The first-order chi connectivity index (χ1) is 10.7. The van der Waals surface area contributed by atoms with E-state index in [1.165, 1.54) is 0 Å². The molecular formula is C17H20BrN2O2S+. The molecule has 4 nitrogen and oxygen atoms in total. The van der Waals surface area contributed by atoms with Crippen LogP contribution < -0.4 is 9.71 Å². The van der Waals surface area contributed by atoms with E-state index < -0.39 is 10.0 Å². The number of nitrogens with one attached hydrogen (secondary N) is 2. The molecule has 2 N–H and O–H groups in total. The van der Waals surface area contributed by atoms with Crippen molar-refractivity contribution < 1.29 is 13.4 Å². The fourth-order valence-corrected chi connectivity index (χ4v) is 3.26. The Bertz CT molecular complexity index is 793. The Kier molecular flexibility index (Phi) is 5.26. The van der Waals surface area contributed by atoms with Crippen molar-refractivity contribution in [3.05, 3.63) is 64.6 Å². The van der Waals surface area contributed by atoms with Crippen molar-refractivity contribution in [2.24, 2.45) is 0 Å². The number of rotatable bonds is 3. The normalized spacial score (nSPS) is 13.0. The van der Waals surface area contributed by atoms with Gasteiger partial charge in [0.05, 0.1) is 11.1 Å². The van der Waals surface area contributed by atoms with E-state index in [4.69, 9.17) is 0 Å². The lowest BCUT2D eigenvalue weighted by atomic mass is 10.1. The van der Waals surface area contributed by atoms with Crippen LogP contribution in [0.5, 0.6) is 0 Å². The molecule has 0 heterocycles. The molecule has 2 aromatic rings. The third-order valence-electron chi connectivity index (χ3n) is 2.92. The maximum Gasteiger partial charge on any atom is 0.328 e. The molecule has 0 aliphatic carbocycles. The van der Waals surface area contributed by atoms with E-state index in [2.05, 4.69) is 25.6 Å². The van der Waals surface area contributed by atoms with Gasteiger partial charge in [0.25, 0.3) is 5.84 Å². The van der Waals surface area contributed by atoms with E-state index in [0.29, 0.717) is 5.84 Å². The number of benzene rings is 2. The van der Waals surface area contributed by atoms with Gasteiger partial charge in [0.2, 0.25) is 0 Å². The first-order valence-electron chi connectivity index (χ1n) is 7.16. The second kappa shape index (κ2) is 6.84. The highest BCUT2D eigenvalue weighted by atomic mass is 79.9. The molecule has 0 fully saturated rings. The quantitative estimate of drug-likeness (QED) is 0.617. The van der Waals surface area contributed by atoms with Crippen molar-refractivity contribution in [1.29, 1.82) is 0 Å². The smallest absolute Gasteiger partial charge is 0.269 e. The highest BCUT2D eigenvalue weighted by Gasteiger charge is 2.25. The van der Waals surface area contributed by atoms with Crippen molar-refractivity contribution in [2.45, 2.75) is 31.2 Å². The van der Waals surface area contributed by atoms with Crippen LogP contribution in [0.25, 0.3) is 0 Å². The summed E-state index contributed by atoms with van der Waals surface area (Å²) >= 11 is 3.31. The monoisotopic (exact) mass is 395 g/mol. The zero-order chi connectivity index (χ0) is 17.1. The summed E-state index contributed by atoms with van der Waals surface area (Å²) in [5.74, 6) is 0.459. The first kappa shape index (κ1) is 17.7. The molecule has 0 unspecified atom stereocenters. The summed E-state index contributed by atoms with van der Waals surface area (Å²) in [5.41, 5.74) is 0.496. The van der Waals surface area contributed by atoms with Crippen molar-refractivity contribution in [1.82, 2.24) is 4.72 Å². The summed E-state index contributed by atoms with van der Waals surface area (Å²) in [6, 6.07) is 15.9. The van der Waals surface area contributed by atoms with E-state index in [0.717, 1.165) is 10.0 Å². The van der Waals surface area contributed by atoms with Crippen LogP contribution in [0.4, 0.5) is 0 Å². The second-order valence-electron chi connectivity index (χ2n) is 6.18. The van der Waals surface area contributed by atoms with Gasteiger partial charge in [-0.2, -0.15) is 13.1 Å². The molecule has 0 amide bonds. The predicted octanol–water partition coefficient (Wildman–Crippen LogP) is 2.05. The van der Waals surface area contributed by atoms with Gasteiger partial charge in [-0.3, -0.25) is 4.99 Å². The topological polar surface area (TPSA) is 60.1 Å². The summed E-state index contributed by atoms with van der Waals surface area (Å²) in [5, 5.41) is 0. The van der Waals surface area contributed by atoms with E-state index >= 15 is 0 Å². The molecule has 23 heavy (non-hydrogen) atoms. The molecule has 0 bridgehead atoms. The second-order valence-corrected chi connectivity index (χ2v) is 8.77. The summed E-state index contributed by atoms with van der Waals surface area (Å²) in [7, 11) is -3.67. The highest BCUT2D eigenvalue weighted by Crippen LogP contribution is 2.14. The number of hydrogen-bond acceptors (Lipinski definition) is 2. The van der Waals surface area contributed by atoms with Crippen LogP contribution in [0.15, 0.2) is 64.0 Å². The van der Waals surface area contributed by atoms with Crippen LogP contribution in [0.3, 0.4) is 0 Å². The SMILES string of the molecule is CC(C)(C)[NH+]=C(NS(=O)(=O)c1ccc(Br)cc1)c1ccccc1. The number of sulfonamides is 1. The molecule has 0 aliphatic rings. The molecule has 2 rings (SSSR count). The van der Waals surface area contributed by atoms with Gasteiger partial charge >= 0.3 is 10.0 Å². The lowest BCUT2D eigenvalue weighted by Gasteiger charge is -2.13. The third kappa shape index (κ3) is 5.18. The zero-order valence-electron chi connectivity index (χ0n) is 13.3. The zero-order valence-corrected chi connectivity index (χ0v) is 15.7. The molecule has 0 radical (unpaired) electrons. The fourth-order valence-electron chi connectivity index (χ4n) is 1.94. The van der Waals surface area contributed by atoms with Crippen molar-refractivity contribution in [2.75, 3.05) is 0 Å². The van der Waals surface area contributed by atoms with Crippen LogP contribution in [0.2, 0.25) is 0 Å². The Labute approximate surface area is 145 Å². The van der Waals surface area contributed by atoms with Gasteiger partial charge in [-0.15, -0.1) is 0 Å². The van der Waals surface area contributed by atoms with E-state index in [-0.39, 0.29) is 10.4 Å². The summed E-state index contributed by atoms with van der Waals surface area (Å²) < 4.78 is 28.7. The molecular weight excluding hydrogens is 376 g/mol. The Balaban J connectivity index is 2.42. The lowest BCUT2D eigenvalue weighted by Crippen LogP contribution is -2.86. The van der Waals surface area contributed by atoms with E-state index in [1.54, 1.807) is 24.3 Å². The van der Waals surface area contributed by atoms with Gasteiger partial charge in [0.1, 0.15) is 4.90 Å². The van der Waals surface area contributed by atoms with Gasteiger partial charge in [-0.1, -0.05) is 34.1 Å². The number of halogens is 1. The van der Waals surface area contributed by atoms with Gasteiger partial charge in [0.15, 0.2) is 0 Å². The van der Waals surface area contributed by atoms with Crippen molar-refractivity contribution in [3.8, 4) is 0 Å². The van der Waals surface area contributed by atoms with E-state index in [9.17, 15) is 8.42 Å². The minimum atomic E-state index is -3.67. The maximum absolute atomic E-state index is 12.6. The van der Waals surface area contributed by atoms with Crippen LogP contribution in [-0.4, -0.2) is 19.8 Å². The first-order valence-corrected chi connectivity index (χ1v) is 9.44. The lowest BCUT2D eigenvalue weighted by molar-refractivity contribution is -0.539. The van der Waals surface area contributed by atoms with Gasteiger partial charge < -0.3 is 0 Å². The molecule has 0 spiro atoms. The van der Waals surface area contributed by atoms with Crippen LogP contribution >= 0.6 is 15.9 Å². The van der Waals surface area contributed by atoms with Gasteiger partial charge in [-0.05, 0) is 57.2 Å². The minimum absolute atomic E-state index is 0.213. The van der Waals surface area contributed by atoms with Crippen LogP contribution in [-0.2, 0) is 10.0 Å². The maximum atomic E-state index is 12.6. The summed E-state index contributed by atoms with van der Waals surface area (Å²) in [6.07, 6.45) is 0. The Morgan fingerprint density at radius 2 is 1.57 bits per heavy atom. The Morgan fingerprint density at radius 1 is 1.00 bits per heavy atom. The van der Waals surface area contributed by atoms with Crippen LogP contribution in [0, 0.1) is 0 Å². The highest BCUT2D eigenvalue weighted by molar-refractivity contribution is 9.10. The van der Waals surface area contributed by atoms with E-state index in [1.807, 2.05) is 51.1 Å². The van der Waals surface area contributed by atoms with Crippen molar-refractivity contribution >= 4 is 31.8 Å². The number of hydrogen-bond donors (Lipinski definition) is 2. The molecule has 0 aliphatic heterocycles. The fraction of sp³-hybridized carbons (Fsp3) is 0.235. The molecule has 0 saturated carbocycles. The minimum Gasteiger partial charge on any atom is -0.269 e. The predicted molar refractivity (Wildman–Crippen MR) is 95.7 cm³/mol. The largest absolute Gasteiger partial charge is 0.328 e. The molecule has 0 saturated heterocycles.